The first-order valence-corrected chi connectivity index (χ1v) is 7.04. The van der Waals surface area contributed by atoms with E-state index in [0.29, 0.717) is 16.0 Å². The molecular formula is C11H12BrNO4S. The number of halogens is 1. The van der Waals surface area contributed by atoms with E-state index in [1.165, 1.54) is 18.9 Å². The van der Waals surface area contributed by atoms with Gasteiger partial charge >= 0.3 is 5.97 Å². The van der Waals surface area contributed by atoms with Gasteiger partial charge in [-0.15, -0.1) is 11.8 Å². The third kappa shape index (κ3) is 2.57. The molecule has 1 heterocycles. The molecule has 98 valence electrons. The number of phenols is 1. The monoisotopic (exact) mass is 333 g/mol. The molecule has 2 rings (SSSR count). The van der Waals surface area contributed by atoms with E-state index < -0.39 is 12.0 Å². The number of carbonyl (C=O) groups is 1. The van der Waals surface area contributed by atoms with Crippen LogP contribution in [0.25, 0.3) is 0 Å². The average molecular weight is 334 g/mol. The third-order valence-corrected chi connectivity index (χ3v) is 4.53. The molecule has 1 saturated heterocycles. The van der Waals surface area contributed by atoms with Crippen LogP contribution in [-0.4, -0.2) is 35.1 Å². The van der Waals surface area contributed by atoms with Gasteiger partial charge in [-0.05, 0) is 33.6 Å². The molecule has 0 aromatic heterocycles. The first kappa shape index (κ1) is 13.5. The lowest BCUT2D eigenvalue weighted by Crippen LogP contribution is -2.33. The Morgan fingerprint density at radius 1 is 1.61 bits per heavy atom. The van der Waals surface area contributed by atoms with E-state index in [2.05, 4.69) is 21.2 Å². The van der Waals surface area contributed by atoms with Crippen LogP contribution in [-0.2, 0) is 4.79 Å². The number of carboxylic acid groups (broad SMARTS) is 1. The molecule has 1 aliphatic heterocycles. The summed E-state index contributed by atoms with van der Waals surface area (Å²) in [5, 5.41) is 21.5. The van der Waals surface area contributed by atoms with E-state index >= 15 is 0 Å². The van der Waals surface area contributed by atoms with Crippen molar-refractivity contribution in [2.75, 3.05) is 12.9 Å². The summed E-state index contributed by atoms with van der Waals surface area (Å²) >= 11 is 4.76. The van der Waals surface area contributed by atoms with Crippen LogP contribution in [0.1, 0.15) is 10.9 Å². The Morgan fingerprint density at radius 2 is 2.33 bits per heavy atom. The Morgan fingerprint density at radius 3 is 2.89 bits per heavy atom. The molecule has 3 N–H and O–H groups in total. The van der Waals surface area contributed by atoms with E-state index in [1.807, 2.05) is 0 Å². The SMILES string of the molecule is COc1cc([C@@H]2N[C@H](C(=O)O)CS2)cc(Br)c1O. The maximum atomic E-state index is 10.9. The highest BCUT2D eigenvalue weighted by Crippen LogP contribution is 2.41. The maximum absolute atomic E-state index is 10.9. The van der Waals surface area contributed by atoms with Crippen molar-refractivity contribution in [3.05, 3.63) is 22.2 Å². The molecule has 7 heteroatoms. The second-order valence-electron chi connectivity index (χ2n) is 3.82. The van der Waals surface area contributed by atoms with Gasteiger partial charge in [0.1, 0.15) is 6.04 Å². The normalized spacial score (nSPS) is 23.0. The first-order chi connectivity index (χ1) is 8.52. The number of rotatable bonds is 3. The summed E-state index contributed by atoms with van der Waals surface area (Å²) in [4.78, 5) is 10.9. The van der Waals surface area contributed by atoms with E-state index in [0.717, 1.165) is 5.56 Å². The number of hydrogen-bond donors (Lipinski definition) is 3. The van der Waals surface area contributed by atoms with Crippen molar-refractivity contribution in [2.45, 2.75) is 11.4 Å². The van der Waals surface area contributed by atoms with Gasteiger partial charge in [0, 0.05) is 5.75 Å². The van der Waals surface area contributed by atoms with Gasteiger partial charge in [0.2, 0.25) is 0 Å². The fourth-order valence-corrected chi connectivity index (χ4v) is 3.38. The first-order valence-electron chi connectivity index (χ1n) is 5.19. The summed E-state index contributed by atoms with van der Waals surface area (Å²) in [6.07, 6.45) is 0. The number of carboxylic acids is 1. The number of nitrogens with one attached hydrogen (secondary N) is 1. The molecule has 1 aliphatic rings. The largest absolute Gasteiger partial charge is 0.503 e. The van der Waals surface area contributed by atoms with Crippen molar-refractivity contribution in [3.8, 4) is 11.5 Å². The molecule has 0 unspecified atom stereocenters. The minimum atomic E-state index is -0.852. The highest BCUT2D eigenvalue weighted by atomic mass is 79.9. The Kier molecular flexibility index (Phi) is 4.04. The topological polar surface area (TPSA) is 78.8 Å². The third-order valence-electron chi connectivity index (χ3n) is 2.65. The number of aromatic hydroxyl groups is 1. The molecule has 0 bridgehead atoms. The quantitative estimate of drug-likeness (QED) is 0.784. The van der Waals surface area contributed by atoms with E-state index in [9.17, 15) is 9.90 Å². The van der Waals surface area contributed by atoms with Gasteiger partial charge in [-0.1, -0.05) is 0 Å². The van der Waals surface area contributed by atoms with Crippen LogP contribution in [0.3, 0.4) is 0 Å². The van der Waals surface area contributed by atoms with Crippen LogP contribution in [0.15, 0.2) is 16.6 Å². The fraction of sp³-hybridized carbons (Fsp3) is 0.364. The zero-order valence-electron chi connectivity index (χ0n) is 9.51. The van der Waals surface area contributed by atoms with Crippen LogP contribution < -0.4 is 10.1 Å². The zero-order chi connectivity index (χ0) is 13.3. The van der Waals surface area contributed by atoms with E-state index in [1.54, 1.807) is 12.1 Å². The van der Waals surface area contributed by atoms with Crippen molar-refractivity contribution in [1.29, 1.82) is 0 Å². The molecule has 1 aromatic rings. The lowest BCUT2D eigenvalue weighted by atomic mass is 10.2. The second kappa shape index (κ2) is 5.38. The number of methoxy groups -OCH3 is 1. The van der Waals surface area contributed by atoms with Crippen molar-refractivity contribution in [2.24, 2.45) is 0 Å². The molecule has 0 amide bonds. The highest BCUT2D eigenvalue weighted by Gasteiger charge is 2.31. The lowest BCUT2D eigenvalue weighted by Gasteiger charge is -2.14. The summed E-state index contributed by atoms with van der Waals surface area (Å²) < 4.78 is 5.59. The van der Waals surface area contributed by atoms with Gasteiger partial charge in [0.05, 0.1) is 17.0 Å². The zero-order valence-corrected chi connectivity index (χ0v) is 11.9. The Balaban J connectivity index is 2.25. The van der Waals surface area contributed by atoms with Crippen molar-refractivity contribution in [3.63, 3.8) is 0 Å². The molecule has 1 fully saturated rings. The number of thioether (sulfide) groups is 1. The molecule has 1 aromatic carbocycles. The molecule has 2 atom stereocenters. The summed E-state index contributed by atoms with van der Waals surface area (Å²) in [6, 6.07) is 2.92. The Bertz CT molecular complexity index is 482. The molecule has 18 heavy (non-hydrogen) atoms. The van der Waals surface area contributed by atoms with E-state index in [4.69, 9.17) is 9.84 Å². The predicted molar refractivity (Wildman–Crippen MR) is 72.1 cm³/mol. The van der Waals surface area contributed by atoms with Gasteiger partial charge in [0.15, 0.2) is 11.5 Å². The summed E-state index contributed by atoms with van der Waals surface area (Å²) in [6.45, 7) is 0. The summed E-state index contributed by atoms with van der Waals surface area (Å²) in [5.41, 5.74) is 0.866. The molecule has 0 spiro atoms. The van der Waals surface area contributed by atoms with Gasteiger partial charge in [-0.2, -0.15) is 0 Å². The summed E-state index contributed by atoms with van der Waals surface area (Å²) in [7, 11) is 1.47. The number of ether oxygens (including phenoxy) is 1. The smallest absolute Gasteiger partial charge is 0.321 e. The van der Waals surface area contributed by atoms with Crippen LogP contribution in [0, 0.1) is 0 Å². The second-order valence-corrected chi connectivity index (χ2v) is 5.82. The van der Waals surface area contributed by atoms with Gasteiger partial charge < -0.3 is 14.9 Å². The number of hydrogen-bond acceptors (Lipinski definition) is 5. The standard InChI is InChI=1S/C11H12BrNO4S/c1-17-8-3-5(2-6(12)9(8)14)10-13-7(4-18-10)11(15)16/h2-3,7,10,13-14H,4H2,1H3,(H,15,16)/t7-,10+/m0/s1. The number of benzene rings is 1. The fourth-order valence-electron chi connectivity index (χ4n) is 1.71. The molecule has 0 saturated carbocycles. The molecule has 0 aliphatic carbocycles. The minimum absolute atomic E-state index is 0.0408. The van der Waals surface area contributed by atoms with Gasteiger partial charge in [-0.25, -0.2) is 0 Å². The van der Waals surface area contributed by atoms with Crippen molar-refractivity contribution < 1.29 is 19.7 Å². The average Bonchev–Trinajstić information content (AvgIpc) is 2.82. The van der Waals surface area contributed by atoms with Crippen LogP contribution in [0.5, 0.6) is 11.5 Å². The van der Waals surface area contributed by atoms with Crippen LogP contribution in [0.2, 0.25) is 0 Å². The highest BCUT2D eigenvalue weighted by molar-refractivity contribution is 9.10. The number of phenolic OH excluding ortho intramolecular Hbond substituents is 1. The van der Waals surface area contributed by atoms with Crippen LogP contribution in [0.4, 0.5) is 0 Å². The van der Waals surface area contributed by atoms with Gasteiger partial charge in [0.25, 0.3) is 0 Å². The molecular weight excluding hydrogens is 322 g/mol. The summed E-state index contributed by atoms with van der Waals surface area (Å²) in [5.74, 6) is 0.0651. The van der Waals surface area contributed by atoms with Gasteiger partial charge in [-0.3, -0.25) is 10.1 Å². The van der Waals surface area contributed by atoms with Crippen molar-refractivity contribution in [1.82, 2.24) is 5.32 Å². The lowest BCUT2D eigenvalue weighted by molar-refractivity contribution is -0.138. The Labute approximate surface area is 117 Å². The molecule has 0 radical (unpaired) electrons. The Hall–Kier alpha value is -0.920. The number of aliphatic carboxylic acids is 1. The molecule has 5 nitrogen and oxygen atoms in total. The minimum Gasteiger partial charge on any atom is -0.503 e. The van der Waals surface area contributed by atoms with E-state index in [-0.39, 0.29) is 11.1 Å². The predicted octanol–water partition coefficient (Wildman–Crippen LogP) is 1.95. The van der Waals surface area contributed by atoms with Crippen LogP contribution >= 0.6 is 27.7 Å². The van der Waals surface area contributed by atoms with Crippen molar-refractivity contribution >= 4 is 33.7 Å². The maximum Gasteiger partial charge on any atom is 0.321 e.